The molecule has 4 nitrogen and oxygen atoms in total. The van der Waals surface area contributed by atoms with Crippen LogP contribution in [0.15, 0.2) is 12.2 Å². The fourth-order valence-corrected chi connectivity index (χ4v) is 2.98. The van der Waals surface area contributed by atoms with E-state index < -0.39 is 76.6 Å². The van der Waals surface area contributed by atoms with Crippen molar-refractivity contribution in [3.63, 3.8) is 0 Å². The van der Waals surface area contributed by atoms with Crippen molar-refractivity contribution in [3.05, 3.63) is 46.5 Å². The molecule has 10 heteroatoms. The van der Waals surface area contributed by atoms with Gasteiger partial charge in [-0.05, 0) is 11.3 Å². The van der Waals surface area contributed by atoms with Crippen molar-refractivity contribution in [2.75, 3.05) is 7.11 Å². The van der Waals surface area contributed by atoms with Crippen LogP contribution >= 0.6 is 0 Å². The van der Waals surface area contributed by atoms with Crippen molar-refractivity contribution < 1.29 is 45.4 Å². The Morgan fingerprint density at radius 3 is 2.07 bits per heavy atom. The molecular weight excluding hydrogens is 394 g/mol. The van der Waals surface area contributed by atoms with Crippen LogP contribution in [0.3, 0.4) is 0 Å². The molecule has 1 aliphatic rings. The molecule has 154 valence electrons. The zero-order chi connectivity index (χ0) is 21.4. The van der Waals surface area contributed by atoms with Gasteiger partial charge in [0.25, 0.3) is 6.43 Å². The first kappa shape index (κ1) is 21.8. The second kappa shape index (κ2) is 7.84. The maximum atomic E-state index is 13.8. The second-order valence-electron chi connectivity index (χ2n) is 6.76. The molecule has 0 spiro atoms. The molecular formula is C18H16F6O4. The van der Waals surface area contributed by atoms with Crippen LogP contribution < -0.4 is 0 Å². The summed E-state index contributed by atoms with van der Waals surface area (Å²) >= 11 is 0. The molecule has 0 aliphatic heterocycles. The molecule has 1 aromatic rings. The topological polar surface area (TPSA) is 52.6 Å². The van der Waals surface area contributed by atoms with Gasteiger partial charge in [-0.25, -0.2) is 31.1 Å². The smallest absolute Gasteiger partial charge is 0.330 e. The van der Waals surface area contributed by atoms with Gasteiger partial charge in [-0.3, -0.25) is 4.79 Å². The number of rotatable bonds is 6. The molecule has 2 rings (SSSR count). The minimum atomic E-state index is -3.77. The zero-order valence-electron chi connectivity index (χ0n) is 15.0. The van der Waals surface area contributed by atoms with Gasteiger partial charge in [0.05, 0.1) is 24.2 Å². The molecule has 0 radical (unpaired) electrons. The summed E-state index contributed by atoms with van der Waals surface area (Å²) in [7, 11) is 1.16. The number of benzene rings is 1. The van der Waals surface area contributed by atoms with Gasteiger partial charge >= 0.3 is 11.9 Å². The summed E-state index contributed by atoms with van der Waals surface area (Å²) in [6.45, 7) is 2.15. The Morgan fingerprint density at radius 2 is 1.61 bits per heavy atom. The highest BCUT2D eigenvalue weighted by Gasteiger charge is 2.61. The third kappa shape index (κ3) is 3.85. The van der Waals surface area contributed by atoms with Crippen molar-refractivity contribution >= 4 is 11.9 Å². The number of alkyl halides is 2. The molecule has 0 amide bonds. The average Bonchev–Trinajstić information content (AvgIpc) is 3.18. The second-order valence-corrected chi connectivity index (χ2v) is 6.76. The van der Waals surface area contributed by atoms with Crippen molar-refractivity contribution in [2.24, 2.45) is 17.3 Å². The van der Waals surface area contributed by atoms with E-state index in [2.05, 4.69) is 4.74 Å². The largest absolute Gasteiger partial charge is 0.466 e. The Hall–Kier alpha value is -2.52. The molecule has 1 aromatic carbocycles. The van der Waals surface area contributed by atoms with Crippen molar-refractivity contribution in [3.8, 4) is 0 Å². The molecule has 2 unspecified atom stereocenters. The number of ether oxygens (including phenoxy) is 2. The van der Waals surface area contributed by atoms with Crippen LogP contribution in [0.1, 0.15) is 31.4 Å². The molecule has 0 saturated heterocycles. The van der Waals surface area contributed by atoms with Crippen LogP contribution in [0.5, 0.6) is 0 Å². The highest BCUT2D eigenvalue weighted by molar-refractivity contribution is 5.83. The number of carbonyl (C=O) groups is 2. The molecule has 0 heterocycles. The number of methoxy groups -OCH3 is 1. The summed E-state index contributed by atoms with van der Waals surface area (Å²) in [6, 6.07) is 0. The number of hydrogen-bond donors (Lipinski definition) is 0. The number of hydrogen-bond acceptors (Lipinski definition) is 4. The van der Waals surface area contributed by atoms with Crippen LogP contribution in [0, 0.1) is 40.5 Å². The highest BCUT2D eigenvalue weighted by atomic mass is 19.3. The summed E-state index contributed by atoms with van der Waals surface area (Å²) in [6.07, 6.45) is -1.25. The maximum absolute atomic E-state index is 13.8. The van der Waals surface area contributed by atoms with E-state index in [-0.39, 0.29) is 0 Å². The predicted molar refractivity (Wildman–Crippen MR) is 82.9 cm³/mol. The summed E-state index contributed by atoms with van der Waals surface area (Å²) in [4.78, 5) is 23.3. The predicted octanol–water partition coefficient (Wildman–Crippen LogP) is 4.23. The molecule has 1 fully saturated rings. The lowest BCUT2D eigenvalue weighted by Gasteiger charge is -2.12. The van der Waals surface area contributed by atoms with E-state index in [1.165, 1.54) is 6.08 Å². The standard InChI is InChI=1S/C18H16F6O4/c1-18(2)8(4-5-9(25)27-3)11(18)17(26)28-6-7-12(19)14(21)10(16(23)24)15(22)13(7)20/h4-5,8,11,16H,6H2,1-3H3. The SMILES string of the molecule is COC(=O)C=CC1C(C(=O)OCc2c(F)c(F)c(C(F)F)c(F)c2F)C1(C)C. The fourth-order valence-electron chi connectivity index (χ4n) is 2.98. The van der Waals surface area contributed by atoms with Gasteiger partial charge in [0.1, 0.15) is 6.61 Å². The maximum Gasteiger partial charge on any atom is 0.330 e. The molecule has 0 aromatic heterocycles. The van der Waals surface area contributed by atoms with Crippen LogP contribution in [0.4, 0.5) is 26.3 Å². The highest BCUT2D eigenvalue weighted by Crippen LogP contribution is 2.59. The number of allylic oxidation sites excluding steroid dienone is 1. The Kier molecular flexibility index (Phi) is 6.10. The summed E-state index contributed by atoms with van der Waals surface area (Å²) < 4.78 is 89.1. The van der Waals surface area contributed by atoms with E-state index in [0.717, 1.165) is 13.2 Å². The van der Waals surface area contributed by atoms with Crippen LogP contribution in [0.2, 0.25) is 0 Å². The number of halogens is 6. The average molecular weight is 410 g/mol. The third-order valence-electron chi connectivity index (χ3n) is 4.77. The lowest BCUT2D eigenvalue weighted by Crippen LogP contribution is -2.15. The molecule has 0 N–H and O–H groups in total. The summed E-state index contributed by atoms with van der Waals surface area (Å²) in [5.74, 6) is -11.4. The summed E-state index contributed by atoms with van der Waals surface area (Å²) in [5.41, 5.74) is -3.98. The van der Waals surface area contributed by atoms with Gasteiger partial charge in [-0.15, -0.1) is 0 Å². The zero-order valence-corrected chi connectivity index (χ0v) is 15.0. The van der Waals surface area contributed by atoms with E-state index in [4.69, 9.17) is 4.74 Å². The third-order valence-corrected chi connectivity index (χ3v) is 4.77. The van der Waals surface area contributed by atoms with Crippen LogP contribution in [-0.4, -0.2) is 19.0 Å². The van der Waals surface area contributed by atoms with Gasteiger partial charge in [0.2, 0.25) is 0 Å². The first-order valence-corrected chi connectivity index (χ1v) is 8.00. The molecule has 1 aliphatic carbocycles. The lowest BCUT2D eigenvalue weighted by molar-refractivity contribution is -0.147. The van der Waals surface area contributed by atoms with Crippen LogP contribution in [-0.2, 0) is 25.7 Å². The molecule has 1 saturated carbocycles. The molecule has 0 bridgehead atoms. The first-order chi connectivity index (χ1) is 12.9. The van der Waals surface area contributed by atoms with E-state index in [0.29, 0.717) is 0 Å². The monoisotopic (exact) mass is 410 g/mol. The first-order valence-electron chi connectivity index (χ1n) is 8.00. The Morgan fingerprint density at radius 1 is 1.07 bits per heavy atom. The molecule has 2 atom stereocenters. The number of esters is 2. The van der Waals surface area contributed by atoms with Gasteiger partial charge < -0.3 is 9.47 Å². The van der Waals surface area contributed by atoms with Gasteiger partial charge in [0.15, 0.2) is 23.3 Å². The Bertz CT molecular complexity index is 805. The molecule has 28 heavy (non-hydrogen) atoms. The van der Waals surface area contributed by atoms with Crippen molar-refractivity contribution in [1.82, 2.24) is 0 Å². The quantitative estimate of drug-likeness (QED) is 0.305. The minimum absolute atomic E-state index is 0.441. The van der Waals surface area contributed by atoms with Crippen LogP contribution in [0.25, 0.3) is 0 Å². The minimum Gasteiger partial charge on any atom is -0.466 e. The Labute approximate surface area is 156 Å². The van der Waals surface area contributed by atoms with Gasteiger partial charge in [-0.1, -0.05) is 19.9 Å². The lowest BCUT2D eigenvalue weighted by atomic mass is 10.1. The van der Waals surface area contributed by atoms with Crippen molar-refractivity contribution in [1.29, 1.82) is 0 Å². The Balaban J connectivity index is 2.16. The van der Waals surface area contributed by atoms with Gasteiger partial charge in [-0.2, -0.15) is 0 Å². The number of carbonyl (C=O) groups excluding carboxylic acids is 2. The normalized spacial score (nSPS) is 20.5. The van der Waals surface area contributed by atoms with E-state index in [1.807, 2.05) is 0 Å². The van der Waals surface area contributed by atoms with E-state index in [1.54, 1.807) is 13.8 Å². The summed E-state index contributed by atoms with van der Waals surface area (Å²) in [5, 5.41) is 0. The fraction of sp³-hybridized carbons (Fsp3) is 0.444. The van der Waals surface area contributed by atoms with Gasteiger partial charge in [0, 0.05) is 6.08 Å². The van der Waals surface area contributed by atoms with E-state index >= 15 is 0 Å². The van der Waals surface area contributed by atoms with E-state index in [9.17, 15) is 35.9 Å². The van der Waals surface area contributed by atoms with Crippen molar-refractivity contribution in [2.45, 2.75) is 26.9 Å².